The maximum absolute atomic E-state index is 13.0. The molecule has 1 N–H and O–H groups in total. The minimum atomic E-state index is -4.41. The van der Waals surface area contributed by atoms with Crippen molar-refractivity contribution in [1.29, 1.82) is 0 Å². The smallest absolute Gasteiger partial charge is 0.339 e. The van der Waals surface area contributed by atoms with Gasteiger partial charge in [-0.1, -0.05) is 54.6 Å². The van der Waals surface area contributed by atoms with Crippen LogP contribution in [0.5, 0.6) is 0 Å². The quantitative estimate of drug-likeness (QED) is 0.333. The molecule has 1 saturated heterocycles. The first-order valence-electron chi connectivity index (χ1n) is 12.0. The van der Waals surface area contributed by atoms with Crippen LogP contribution in [0, 0.1) is 5.92 Å². The Hall–Kier alpha value is -3.87. The molecule has 1 aromatic heterocycles. The summed E-state index contributed by atoms with van der Waals surface area (Å²) in [4.78, 5) is 14.9. The number of aromatic nitrogens is 2. The zero-order chi connectivity index (χ0) is 25.1. The summed E-state index contributed by atoms with van der Waals surface area (Å²) in [5.41, 5.74) is 3.54. The summed E-state index contributed by atoms with van der Waals surface area (Å²) in [5.74, 6) is 0.610. The Balaban J connectivity index is 1.22. The zero-order valence-electron chi connectivity index (χ0n) is 19.6. The predicted molar refractivity (Wildman–Crippen MR) is 133 cm³/mol. The largest absolute Gasteiger partial charge is 0.416 e. The van der Waals surface area contributed by atoms with Crippen molar-refractivity contribution in [3.63, 3.8) is 0 Å². The number of alkyl halides is 3. The van der Waals surface area contributed by atoms with Crippen molar-refractivity contribution in [2.45, 2.75) is 25.4 Å². The summed E-state index contributed by atoms with van der Waals surface area (Å²) < 4.78 is 39.1. The molecule has 0 atom stereocenters. The third kappa shape index (κ3) is 5.35. The van der Waals surface area contributed by atoms with Gasteiger partial charge < -0.3 is 4.90 Å². The van der Waals surface area contributed by atoms with Crippen molar-refractivity contribution in [1.82, 2.24) is 15.1 Å². The van der Waals surface area contributed by atoms with Gasteiger partial charge in [0.15, 0.2) is 0 Å². The lowest BCUT2D eigenvalue weighted by molar-refractivity contribution is -0.137. The molecule has 0 radical (unpaired) electrons. The maximum Gasteiger partial charge on any atom is 0.416 e. The number of carbonyl (C=O) groups is 1. The molecule has 0 aliphatic carbocycles. The number of nitrogens with one attached hydrogen (secondary N) is 1. The zero-order valence-corrected chi connectivity index (χ0v) is 19.6. The van der Waals surface area contributed by atoms with Crippen molar-refractivity contribution in [3.8, 4) is 22.5 Å². The molecule has 4 aromatic rings. The molecule has 0 bridgehead atoms. The van der Waals surface area contributed by atoms with E-state index in [9.17, 15) is 18.0 Å². The molecule has 0 spiro atoms. The normalized spacial score (nSPS) is 14.7. The Kier molecular flexibility index (Phi) is 6.63. The van der Waals surface area contributed by atoms with E-state index in [-0.39, 0.29) is 5.91 Å². The van der Waals surface area contributed by atoms with Gasteiger partial charge in [0.05, 0.1) is 17.0 Å². The van der Waals surface area contributed by atoms with Gasteiger partial charge in [-0.25, -0.2) is 0 Å². The number of hydrogen-bond donors (Lipinski definition) is 1. The van der Waals surface area contributed by atoms with E-state index in [2.05, 4.69) is 34.5 Å². The number of likely N-dealkylation sites (tertiary alicyclic amines) is 1. The van der Waals surface area contributed by atoms with Crippen LogP contribution in [-0.4, -0.2) is 34.1 Å². The van der Waals surface area contributed by atoms with E-state index in [0.29, 0.717) is 28.4 Å². The highest BCUT2D eigenvalue weighted by Gasteiger charge is 2.30. The van der Waals surface area contributed by atoms with E-state index in [0.717, 1.165) is 50.0 Å². The van der Waals surface area contributed by atoms with Crippen LogP contribution >= 0.6 is 0 Å². The third-order valence-electron chi connectivity index (χ3n) is 6.78. The molecule has 2 heterocycles. The first-order chi connectivity index (χ1) is 17.4. The fraction of sp³-hybridized carbons (Fsp3) is 0.241. The first-order valence-corrected chi connectivity index (χ1v) is 12.0. The van der Waals surface area contributed by atoms with Crippen LogP contribution in [0.1, 0.15) is 34.3 Å². The van der Waals surface area contributed by atoms with Crippen molar-refractivity contribution in [3.05, 3.63) is 102 Å². The van der Waals surface area contributed by atoms with E-state index >= 15 is 0 Å². The number of hydrogen-bond acceptors (Lipinski definition) is 2. The SMILES string of the molecule is O=C(c1ccc(-c2cc(-c3cccc(C(F)(F)F)c3)n[nH]2)cc1)N1CCC(Cc2ccccc2)CC1. The van der Waals surface area contributed by atoms with Crippen LogP contribution in [0.4, 0.5) is 13.2 Å². The van der Waals surface area contributed by atoms with Gasteiger partial charge in [-0.2, -0.15) is 18.3 Å². The van der Waals surface area contributed by atoms with Gasteiger partial charge in [0.25, 0.3) is 5.91 Å². The monoisotopic (exact) mass is 489 g/mol. The van der Waals surface area contributed by atoms with Crippen molar-refractivity contribution in [2.75, 3.05) is 13.1 Å². The van der Waals surface area contributed by atoms with E-state index in [4.69, 9.17) is 0 Å². The second-order valence-electron chi connectivity index (χ2n) is 9.25. The van der Waals surface area contributed by atoms with Crippen LogP contribution in [0.2, 0.25) is 0 Å². The number of aromatic amines is 1. The summed E-state index contributed by atoms with van der Waals surface area (Å²) in [6.07, 6.45) is -1.38. The lowest BCUT2D eigenvalue weighted by atomic mass is 9.90. The number of piperidine rings is 1. The maximum atomic E-state index is 13.0. The fourth-order valence-electron chi connectivity index (χ4n) is 4.73. The number of benzene rings is 3. The average molecular weight is 490 g/mol. The number of H-pyrrole nitrogens is 1. The van der Waals surface area contributed by atoms with Gasteiger partial charge in [0.1, 0.15) is 0 Å². The first kappa shape index (κ1) is 23.9. The molecule has 4 nitrogen and oxygen atoms in total. The number of amides is 1. The minimum Gasteiger partial charge on any atom is -0.339 e. The Morgan fingerprint density at radius 3 is 2.31 bits per heavy atom. The Bertz CT molecular complexity index is 1320. The molecular weight excluding hydrogens is 463 g/mol. The lowest BCUT2D eigenvalue weighted by Crippen LogP contribution is -2.38. The molecule has 1 fully saturated rings. The number of carbonyl (C=O) groups excluding carboxylic acids is 1. The van der Waals surface area contributed by atoms with Crippen molar-refractivity contribution < 1.29 is 18.0 Å². The van der Waals surface area contributed by atoms with Gasteiger partial charge in [0, 0.05) is 24.2 Å². The molecule has 184 valence electrons. The van der Waals surface area contributed by atoms with Crippen LogP contribution in [0.15, 0.2) is 84.9 Å². The van der Waals surface area contributed by atoms with Crippen molar-refractivity contribution in [2.24, 2.45) is 5.92 Å². The standard InChI is InChI=1S/C29H26F3N3O/c30-29(31,32)25-8-4-7-24(18-25)27-19-26(33-34-27)22-9-11-23(12-10-22)28(36)35-15-13-21(14-16-35)17-20-5-2-1-3-6-20/h1-12,18-19,21H,13-17H2,(H,33,34). The summed E-state index contributed by atoms with van der Waals surface area (Å²) >= 11 is 0. The van der Waals surface area contributed by atoms with E-state index in [1.54, 1.807) is 24.3 Å². The van der Waals surface area contributed by atoms with E-state index in [1.165, 1.54) is 11.6 Å². The lowest BCUT2D eigenvalue weighted by Gasteiger charge is -2.32. The molecule has 1 amide bonds. The Labute approximate surface area is 207 Å². The number of rotatable bonds is 5. The Morgan fingerprint density at radius 1 is 0.889 bits per heavy atom. The van der Waals surface area contributed by atoms with Crippen LogP contribution in [0.25, 0.3) is 22.5 Å². The van der Waals surface area contributed by atoms with E-state index < -0.39 is 11.7 Å². The summed E-state index contributed by atoms with van der Waals surface area (Å²) in [7, 11) is 0. The van der Waals surface area contributed by atoms with Gasteiger partial charge in [0.2, 0.25) is 0 Å². The second kappa shape index (κ2) is 10.0. The average Bonchev–Trinajstić information content (AvgIpc) is 3.40. The molecule has 0 saturated carbocycles. The summed E-state index contributed by atoms with van der Waals surface area (Å²) in [6, 6.07) is 24.5. The molecule has 1 aliphatic rings. The van der Waals surface area contributed by atoms with Crippen LogP contribution in [0.3, 0.4) is 0 Å². The Morgan fingerprint density at radius 2 is 1.61 bits per heavy atom. The minimum absolute atomic E-state index is 0.0222. The highest BCUT2D eigenvalue weighted by Crippen LogP contribution is 2.32. The molecule has 5 rings (SSSR count). The number of halogens is 3. The molecule has 7 heteroatoms. The van der Waals surface area contributed by atoms with Crippen LogP contribution < -0.4 is 0 Å². The second-order valence-corrected chi connectivity index (χ2v) is 9.25. The molecule has 36 heavy (non-hydrogen) atoms. The predicted octanol–water partition coefficient (Wildman–Crippen LogP) is 6.86. The number of nitrogens with zero attached hydrogens (tertiary/aromatic N) is 2. The third-order valence-corrected chi connectivity index (χ3v) is 6.78. The fourth-order valence-corrected chi connectivity index (χ4v) is 4.73. The van der Waals surface area contributed by atoms with E-state index in [1.807, 2.05) is 23.1 Å². The van der Waals surface area contributed by atoms with Gasteiger partial charge >= 0.3 is 6.18 Å². The highest BCUT2D eigenvalue weighted by molar-refractivity contribution is 5.94. The van der Waals surface area contributed by atoms with Gasteiger partial charge in [-0.3, -0.25) is 9.89 Å². The summed E-state index contributed by atoms with van der Waals surface area (Å²) in [5, 5.41) is 7.08. The summed E-state index contributed by atoms with van der Waals surface area (Å²) in [6.45, 7) is 1.50. The molecule has 0 unspecified atom stereocenters. The van der Waals surface area contributed by atoms with Gasteiger partial charge in [-0.15, -0.1) is 0 Å². The highest BCUT2D eigenvalue weighted by atomic mass is 19.4. The van der Waals surface area contributed by atoms with Crippen LogP contribution in [-0.2, 0) is 12.6 Å². The topological polar surface area (TPSA) is 49.0 Å². The molecular formula is C29H26F3N3O. The van der Waals surface area contributed by atoms with Gasteiger partial charge in [-0.05, 0) is 66.6 Å². The molecule has 1 aliphatic heterocycles. The molecule has 3 aromatic carbocycles. The van der Waals surface area contributed by atoms with Crippen molar-refractivity contribution >= 4 is 5.91 Å².